The van der Waals surface area contributed by atoms with Gasteiger partial charge in [-0.05, 0) is 25.1 Å². The summed E-state index contributed by atoms with van der Waals surface area (Å²) in [6.07, 6.45) is 3.22. The predicted octanol–water partition coefficient (Wildman–Crippen LogP) is 1.54. The zero-order valence-corrected chi connectivity index (χ0v) is 11.7. The van der Waals surface area contributed by atoms with Gasteiger partial charge in [-0.25, -0.2) is 4.79 Å². The second kappa shape index (κ2) is 5.83. The summed E-state index contributed by atoms with van der Waals surface area (Å²) in [6, 6.07) is 4.81. The molecule has 7 heteroatoms. The first-order valence-electron chi connectivity index (χ1n) is 6.11. The Balaban J connectivity index is 2.11. The van der Waals surface area contributed by atoms with Crippen LogP contribution in [0.5, 0.6) is 0 Å². The topological polar surface area (TPSA) is 82.1 Å². The van der Waals surface area contributed by atoms with Crippen LogP contribution in [0.25, 0.3) is 0 Å². The van der Waals surface area contributed by atoms with Crippen molar-refractivity contribution in [2.24, 2.45) is 0 Å². The molecular formula is C13H15ClN4O2. The molecule has 0 aliphatic carbocycles. The normalized spacial score (nSPS) is 10.5. The molecular weight excluding hydrogens is 280 g/mol. The van der Waals surface area contributed by atoms with E-state index >= 15 is 0 Å². The number of hydrogen-bond donors (Lipinski definition) is 2. The number of carbonyl (C=O) groups excluding carboxylic acids is 1. The van der Waals surface area contributed by atoms with Crippen LogP contribution in [0.2, 0.25) is 5.02 Å². The zero-order chi connectivity index (χ0) is 14.7. The number of nitrogens with zero attached hydrogens (tertiary/aromatic N) is 2. The van der Waals surface area contributed by atoms with Gasteiger partial charge in [0.05, 0.1) is 11.4 Å². The average molecular weight is 295 g/mol. The predicted molar refractivity (Wildman–Crippen MR) is 78.9 cm³/mol. The summed E-state index contributed by atoms with van der Waals surface area (Å²) >= 11 is 5.84. The van der Waals surface area contributed by atoms with E-state index in [2.05, 4.69) is 5.32 Å². The van der Waals surface area contributed by atoms with Crippen molar-refractivity contribution in [3.05, 3.63) is 46.1 Å². The second-order valence-electron chi connectivity index (χ2n) is 4.27. The molecule has 6 nitrogen and oxygen atoms in total. The number of nitrogen functional groups attached to an aromatic ring is 1. The van der Waals surface area contributed by atoms with E-state index in [1.165, 1.54) is 9.13 Å². The zero-order valence-electron chi connectivity index (χ0n) is 11.0. The molecule has 106 valence electrons. The monoisotopic (exact) mass is 294 g/mol. The van der Waals surface area contributed by atoms with Crippen molar-refractivity contribution in [1.82, 2.24) is 9.13 Å². The van der Waals surface area contributed by atoms with E-state index < -0.39 is 0 Å². The number of aromatic nitrogens is 2. The number of nitrogens with two attached hydrogens (primary N) is 1. The van der Waals surface area contributed by atoms with Crippen LogP contribution >= 0.6 is 11.6 Å². The maximum absolute atomic E-state index is 11.9. The van der Waals surface area contributed by atoms with Gasteiger partial charge in [0, 0.05) is 24.0 Å². The minimum atomic E-state index is -0.338. The highest BCUT2D eigenvalue weighted by Crippen LogP contribution is 2.22. The maximum Gasteiger partial charge on any atom is 0.328 e. The van der Waals surface area contributed by atoms with E-state index in [-0.39, 0.29) is 18.1 Å². The summed E-state index contributed by atoms with van der Waals surface area (Å²) in [4.78, 5) is 23.7. The quantitative estimate of drug-likeness (QED) is 0.839. The molecule has 3 N–H and O–H groups in total. The van der Waals surface area contributed by atoms with Gasteiger partial charge in [-0.1, -0.05) is 11.6 Å². The van der Waals surface area contributed by atoms with Crippen molar-refractivity contribution in [3.63, 3.8) is 0 Å². The number of hydrogen-bond acceptors (Lipinski definition) is 3. The van der Waals surface area contributed by atoms with Gasteiger partial charge < -0.3 is 11.1 Å². The van der Waals surface area contributed by atoms with Gasteiger partial charge in [-0.15, -0.1) is 0 Å². The van der Waals surface area contributed by atoms with E-state index in [0.717, 1.165) is 0 Å². The summed E-state index contributed by atoms with van der Waals surface area (Å²) in [5.74, 6) is -0.338. The molecule has 0 fully saturated rings. The van der Waals surface area contributed by atoms with Crippen LogP contribution in [0.4, 0.5) is 11.4 Å². The number of carbonyl (C=O) groups is 1. The molecule has 20 heavy (non-hydrogen) atoms. The number of benzene rings is 1. The number of halogens is 1. The molecule has 0 saturated heterocycles. The van der Waals surface area contributed by atoms with E-state index in [4.69, 9.17) is 17.3 Å². The smallest absolute Gasteiger partial charge is 0.328 e. The van der Waals surface area contributed by atoms with Crippen molar-refractivity contribution in [2.75, 3.05) is 11.1 Å². The summed E-state index contributed by atoms with van der Waals surface area (Å²) in [5, 5.41) is 3.11. The van der Waals surface area contributed by atoms with Crippen LogP contribution in [0.15, 0.2) is 35.4 Å². The fourth-order valence-electron chi connectivity index (χ4n) is 1.80. The lowest BCUT2D eigenvalue weighted by atomic mass is 10.2. The largest absolute Gasteiger partial charge is 0.397 e. The summed E-state index contributed by atoms with van der Waals surface area (Å²) < 4.78 is 2.85. The molecule has 0 unspecified atom stereocenters. The van der Waals surface area contributed by atoms with Gasteiger partial charge in [0.25, 0.3) is 0 Å². The third-order valence-electron chi connectivity index (χ3n) is 2.86. The first-order valence-corrected chi connectivity index (χ1v) is 6.49. The Labute approximate surface area is 120 Å². The standard InChI is InChI=1S/C13H15ClN4O2/c1-2-17-5-6-18(13(17)20)8-12(19)16-11-7-9(14)3-4-10(11)15/h3-7H,2,8,15H2,1H3,(H,16,19). The molecule has 0 bridgehead atoms. The fourth-order valence-corrected chi connectivity index (χ4v) is 1.97. The van der Waals surface area contributed by atoms with E-state index in [9.17, 15) is 9.59 Å². The highest BCUT2D eigenvalue weighted by atomic mass is 35.5. The molecule has 2 rings (SSSR count). The number of amides is 1. The lowest BCUT2D eigenvalue weighted by Gasteiger charge is -2.08. The third-order valence-corrected chi connectivity index (χ3v) is 3.10. The van der Waals surface area contributed by atoms with Gasteiger partial charge in [0.2, 0.25) is 5.91 Å². The van der Waals surface area contributed by atoms with E-state index in [1.807, 2.05) is 6.92 Å². The van der Waals surface area contributed by atoms with Crippen molar-refractivity contribution < 1.29 is 4.79 Å². The number of aryl methyl sites for hydroxylation is 1. The van der Waals surface area contributed by atoms with Crippen LogP contribution in [0.1, 0.15) is 6.92 Å². The molecule has 0 aliphatic rings. The van der Waals surface area contributed by atoms with E-state index in [1.54, 1.807) is 30.6 Å². The summed E-state index contributed by atoms with van der Waals surface area (Å²) in [5.41, 5.74) is 6.37. The first kappa shape index (κ1) is 14.2. The molecule has 0 atom stereocenters. The highest BCUT2D eigenvalue weighted by Gasteiger charge is 2.09. The Morgan fingerprint density at radius 2 is 2.05 bits per heavy atom. The minimum absolute atomic E-state index is 0.0716. The van der Waals surface area contributed by atoms with Gasteiger partial charge in [-0.3, -0.25) is 13.9 Å². The SMILES string of the molecule is CCn1ccn(CC(=O)Nc2cc(Cl)ccc2N)c1=O. The van der Waals surface area contributed by atoms with Gasteiger partial charge in [0.15, 0.2) is 0 Å². The maximum atomic E-state index is 11.9. The number of anilines is 2. The van der Waals surface area contributed by atoms with Crippen molar-refractivity contribution >= 4 is 28.9 Å². The van der Waals surface area contributed by atoms with Gasteiger partial charge in [-0.2, -0.15) is 0 Å². The van der Waals surface area contributed by atoms with Crippen LogP contribution in [-0.2, 0) is 17.9 Å². The van der Waals surface area contributed by atoms with Crippen LogP contribution in [0.3, 0.4) is 0 Å². The fraction of sp³-hybridized carbons (Fsp3) is 0.231. The third kappa shape index (κ3) is 3.03. The highest BCUT2D eigenvalue weighted by molar-refractivity contribution is 6.31. The van der Waals surface area contributed by atoms with E-state index in [0.29, 0.717) is 22.9 Å². The Morgan fingerprint density at radius 1 is 1.35 bits per heavy atom. The molecule has 2 aromatic rings. The molecule has 0 saturated carbocycles. The van der Waals surface area contributed by atoms with Crippen LogP contribution in [0, 0.1) is 0 Å². The number of rotatable bonds is 4. The number of imidazole rings is 1. The van der Waals surface area contributed by atoms with Gasteiger partial charge >= 0.3 is 5.69 Å². The minimum Gasteiger partial charge on any atom is -0.397 e. The Kier molecular flexibility index (Phi) is 4.14. The average Bonchev–Trinajstić information content (AvgIpc) is 2.75. The first-order chi connectivity index (χ1) is 9.51. The Bertz CT molecular complexity index is 690. The Morgan fingerprint density at radius 3 is 2.70 bits per heavy atom. The van der Waals surface area contributed by atoms with Crippen molar-refractivity contribution in [2.45, 2.75) is 20.0 Å². The molecule has 0 aliphatic heterocycles. The summed E-state index contributed by atoms with van der Waals surface area (Å²) in [6.45, 7) is 2.35. The molecule has 1 aromatic carbocycles. The lowest BCUT2D eigenvalue weighted by molar-refractivity contribution is -0.116. The van der Waals surface area contributed by atoms with Crippen molar-refractivity contribution in [3.8, 4) is 0 Å². The molecule has 1 amide bonds. The molecule has 0 radical (unpaired) electrons. The molecule has 1 heterocycles. The summed E-state index contributed by atoms with van der Waals surface area (Å²) in [7, 11) is 0. The van der Waals surface area contributed by atoms with Crippen LogP contribution in [-0.4, -0.2) is 15.0 Å². The second-order valence-corrected chi connectivity index (χ2v) is 4.71. The Hall–Kier alpha value is -2.21. The molecule has 1 aromatic heterocycles. The number of nitrogens with one attached hydrogen (secondary N) is 1. The van der Waals surface area contributed by atoms with Crippen LogP contribution < -0.4 is 16.7 Å². The molecule has 0 spiro atoms. The van der Waals surface area contributed by atoms with Gasteiger partial charge in [0.1, 0.15) is 6.54 Å². The lowest BCUT2D eigenvalue weighted by Crippen LogP contribution is -2.29. The van der Waals surface area contributed by atoms with Crippen molar-refractivity contribution in [1.29, 1.82) is 0 Å².